The Kier molecular flexibility index (Phi) is 4.37. The molecule has 1 fully saturated rings. The molecule has 1 aromatic carbocycles. The first kappa shape index (κ1) is 13.5. The maximum atomic E-state index is 11.7. The molecule has 1 N–H and O–H groups in total. The van der Waals surface area contributed by atoms with Crippen LogP contribution in [0.2, 0.25) is 0 Å². The zero-order valence-corrected chi connectivity index (χ0v) is 11.4. The molecule has 1 aliphatic carbocycles. The fraction of sp³-hybridized carbons (Fsp3) is 0.538. The molecule has 0 atom stereocenters. The third-order valence-electron chi connectivity index (χ3n) is 3.46. The number of rotatable bonds is 4. The molecule has 100 valence electrons. The second-order valence-corrected chi connectivity index (χ2v) is 6.34. The zero-order chi connectivity index (χ0) is 13.0. The summed E-state index contributed by atoms with van der Waals surface area (Å²) in [5.41, 5.74) is 1.24. The molecule has 0 aromatic heterocycles. The van der Waals surface area contributed by atoms with Crippen molar-refractivity contribution in [3.8, 4) is 0 Å². The van der Waals surface area contributed by atoms with Crippen LogP contribution in [-0.2, 0) is 14.9 Å². The van der Waals surface area contributed by atoms with E-state index < -0.39 is 10.0 Å². The first-order chi connectivity index (χ1) is 8.63. The van der Waals surface area contributed by atoms with Gasteiger partial charge in [0.2, 0.25) is 0 Å². The van der Waals surface area contributed by atoms with E-state index in [0.717, 1.165) is 0 Å². The van der Waals surface area contributed by atoms with Gasteiger partial charge in [-0.05, 0) is 36.5 Å². The zero-order valence-electron chi connectivity index (χ0n) is 10.6. The molecule has 18 heavy (non-hydrogen) atoms. The minimum atomic E-state index is -3.53. The van der Waals surface area contributed by atoms with Crippen molar-refractivity contribution in [1.82, 2.24) is 4.89 Å². The molecule has 2 rings (SSSR count). The molecule has 0 radical (unpaired) electrons. The summed E-state index contributed by atoms with van der Waals surface area (Å²) in [5, 5.41) is 0. The fourth-order valence-corrected chi connectivity index (χ4v) is 3.32. The van der Waals surface area contributed by atoms with Crippen LogP contribution in [0.25, 0.3) is 0 Å². The van der Waals surface area contributed by atoms with Gasteiger partial charge in [-0.1, -0.05) is 36.3 Å². The number of benzene rings is 1. The average Bonchev–Trinajstić information content (AvgIpc) is 2.40. The minimum absolute atomic E-state index is 0.240. The summed E-state index contributed by atoms with van der Waals surface area (Å²) in [4.78, 5) is 6.72. The largest absolute Gasteiger partial charge is 0.290 e. The van der Waals surface area contributed by atoms with Crippen LogP contribution < -0.4 is 4.89 Å². The summed E-state index contributed by atoms with van der Waals surface area (Å²) in [6, 6.07) is 7.12. The monoisotopic (exact) mass is 269 g/mol. The van der Waals surface area contributed by atoms with E-state index in [9.17, 15) is 8.42 Å². The molecule has 5 heteroatoms. The van der Waals surface area contributed by atoms with Gasteiger partial charge in [0, 0.05) is 0 Å². The fourth-order valence-electron chi connectivity index (χ4n) is 2.51. The SMILES string of the molecule is CONS(=O)(=O)c1ccc(C2CCCCC2)cc1. The van der Waals surface area contributed by atoms with Gasteiger partial charge >= 0.3 is 0 Å². The van der Waals surface area contributed by atoms with E-state index in [1.165, 1.54) is 44.8 Å². The molecular formula is C13H19NO3S. The standard InChI is InChI=1S/C13H19NO3S/c1-17-14-18(15,16)13-9-7-12(8-10-13)11-5-3-2-4-6-11/h7-11,14H,2-6H2,1H3. The van der Waals surface area contributed by atoms with Crippen molar-refractivity contribution < 1.29 is 13.3 Å². The normalized spacial score (nSPS) is 17.8. The van der Waals surface area contributed by atoms with Crippen LogP contribution in [0.5, 0.6) is 0 Å². The van der Waals surface area contributed by atoms with Crippen molar-refractivity contribution in [3.63, 3.8) is 0 Å². The molecule has 1 saturated carbocycles. The Morgan fingerprint density at radius 1 is 1.11 bits per heavy atom. The highest BCUT2D eigenvalue weighted by molar-refractivity contribution is 7.89. The Morgan fingerprint density at radius 3 is 2.28 bits per heavy atom. The van der Waals surface area contributed by atoms with Gasteiger partial charge in [-0.3, -0.25) is 4.84 Å². The van der Waals surface area contributed by atoms with Gasteiger partial charge in [0.1, 0.15) is 0 Å². The summed E-state index contributed by atoms with van der Waals surface area (Å²) in [6.07, 6.45) is 6.29. The van der Waals surface area contributed by atoms with Crippen molar-refractivity contribution in [2.75, 3.05) is 7.11 Å². The Labute approximate surface area is 108 Å². The molecular weight excluding hydrogens is 250 g/mol. The van der Waals surface area contributed by atoms with Crippen molar-refractivity contribution in [2.24, 2.45) is 0 Å². The van der Waals surface area contributed by atoms with Gasteiger partial charge in [0.25, 0.3) is 10.0 Å². The molecule has 0 bridgehead atoms. The maximum absolute atomic E-state index is 11.7. The van der Waals surface area contributed by atoms with Gasteiger partial charge in [-0.25, -0.2) is 8.42 Å². The van der Waals surface area contributed by atoms with E-state index in [1.54, 1.807) is 12.1 Å². The molecule has 1 aromatic rings. The van der Waals surface area contributed by atoms with E-state index in [4.69, 9.17) is 0 Å². The number of hydrogen-bond acceptors (Lipinski definition) is 3. The van der Waals surface area contributed by atoms with E-state index in [0.29, 0.717) is 5.92 Å². The summed E-state index contributed by atoms with van der Waals surface area (Å²) in [5.74, 6) is 0.589. The van der Waals surface area contributed by atoms with Gasteiger partial charge in [0.15, 0.2) is 0 Å². The van der Waals surface area contributed by atoms with Gasteiger partial charge in [0.05, 0.1) is 12.0 Å². The topological polar surface area (TPSA) is 55.4 Å². The highest BCUT2D eigenvalue weighted by atomic mass is 32.2. The van der Waals surface area contributed by atoms with Gasteiger partial charge in [-0.2, -0.15) is 0 Å². The van der Waals surface area contributed by atoms with Crippen molar-refractivity contribution in [3.05, 3.63) is 29.8 Å². The van der Waals surface area contributed by atoms with Gasteiger partial charge in [-0.15, -0.1) is 0 Å². The van der Waals surface area contributed by atoms with Crippen molar-refractivity contribution in [1.29, 1.82) is 0 Å². The van der Waals surface area contributed by atoms with Crippen LogP contribution in [0.4, 0.5) is 0 Å². The maximum Gasteiger partial charge on any atom is 0.262 e. The van der Waals surface area contributed by atoms with Crippen LogP contribution in [0.3, 0.4) is 0 Å². The van der Waals surface area contributed by atoms with Crippen LogP contribution in [-0.4, -0.2) is 15.5 Å². The number of hydrogen-bond donors (Lipinski definition) is 1. The first-order valence-electron chi connectivity index (χ1n) is 6.28. The number of nitrogens with one attached hydrogen (secondary N) is 1. The Hall–Kier alpha value is -0.910. The highest BCUT2D eigenvalue weighted by Gasteiger charge is 2.17. The van der Waals surface area contributed by atoms with Crippen LogP contribution in [0.1, 0.15) is 43.6 Å². The molecule has 1 aliphatic rings. The summed E-state index contributed by atoms with van der Waals surface area (Å²) >= 11 is 0. The second kappa shape index (κ2) is 5.82. The lowest BCUT2D eigenvalue weighted by Gasteiger charge is -2.22. The lowest BCUT2D eigenvalue weighted by molar-refractivity contribution is 0.153. The van der Waals surface area contributed by atoms with Crippen LogP contribution >= 0.6 is 0 Å². The van der Waals surface area contributed by atoms with Crippen molar-refractivity contribution in [2.45, 2.75) is 42.9 Å². The molecule has 0 aliphatic heterocycles. The molecule has 0 spiro atoms. The summed E-state index contributed by atoms with van der Waals surface area (Å²) < 4.78 is 23.4. The molecule has 4 nitrogen and oxygen atoms in total. The first-order valence-corrected chi connectivity index (χ1v) is 7.76. The average molecular weight is 269 g/mol. The third kappa shape index (κ3) is 3.10. The summed E-state index contributed by atoms with van der Waals surface area (Å²) in [6.45, 7) is 0. The van der Waals surface area contributed by atoms with Crippen LogP contribution in [0.15, 0.2) is 29.2 Å². The van der Waals surface area contributed by atoms with E-state index in [-0.39, 0.29) is 4.90 Å². The quantitative estimate of drug-likeness (QED) is 0.855. The lowest BCUT2D eigenvalue weighted by atomic mass is 9.84. The smallest absolute Gasteiger partial charge is 0.262 e. The number of sulfonamides is 1. The minimum Gasteiger partial charge on any atom is -0.290 e. The predicted molar refractivity (Wildman–Crippen MR) is 69.6 cm³/mol. The summed E-state index contributed by atoms with van der Waals surface area (Å²) in [7, 11) is -2.24. The second-order valence-electron chi connectivity index (χ2n) is 4.69. The van der Waals surface area contributed by atoms with Gasteiger partial charge < -0.3 is 0 Å². The highest BCUT2D eigenvalue weighted by Crippen LogP contribution is 2.32. The van der Waals surface area contributed by atoms with E-state index in [2.05, 4.69) is 4.84 Å². The molecule has 0 amide bonds. The molecule has 0 saturated heterocycles. The Morgan fingerprint density at radius 2 is 1.72 bits per heavy atom. The Balaban J connectivity index is 2.14. The van der Waals surface area contributed by atoms with E-state index >= 15 is 0 Å². The Bertz CT molecular complexity index is 475. The molecule has 0 unspecified atom stereocenters. The van der Waals surface area contributed by atoms with Crippen LogP contribution in [0, 0.1) is 0 Å². The predicted octanol–water partition coefficient (Wildman–Crippen LogP) is 2.57. The van der Waals surface area contributed by atoms with Crippen molar-refractivity contribution >= 4 is 10.0 Å². The lowest BCUT2D eigenvalue weighted by Crippen LogP contribution is -2.22. The van der Waals surface area contributed by atoms with E-state index in [1.807, 2.05) is 17.0 Å². The molecule has 0 heterocycles. The third-order valence-corrected chi connectivity index (χ3v) is 4.74.